The third-order valence-electron chi connectivity index (χ3n) is 6.47. The molecule has 0 saturated carbocycles. The molecule has 0 aliphatic carbocycles. The summed E-state index contributed by atoms with van der Waals surface area (Å²) in [5.41, 5.74) is 2.10. The first-order chi connectivity index (χ1) is 18.4. The average molecular weight is 514 g/mol. The molecule has 6 nitrogen and oxygen atoms in total. The molecule has 6 heteroatoms. The number of nitrogens with zero attached hydrogens (tertiary/aromatic N) is 1. The predicted octanol–water partition coefficient (Wildman–Crippen LogP) is 6.52. The van der Waals surface area contributed by atoms with Crippen molar-refractivity contribution in [3.05, 3.63) is 101 Å². The summed E-state index contributed by atoms with van der Waals surface area (Å²) in [5, 5.41) is 11.4. The second-order valence-corrected chi connectivity index (χ2v) is 9.89. The van der Waals surface area contributed by atoms with Gasteiger partial charge >= 0.3 is 0 Å². The molecule has 38 heavy (non-hydrogen) atoms. The number of aliphatic hydroxyl groups excluding tert-OH is 1. The van der Waals surface area contributed by atoms with Gasteiger partial charge in [0.2, 0.25) is 0 Å². The number of benzene rings is 3. The van der Waals surface area contributed by atoms with E-state index in [0.29, 0.717) is 41.8 Å². The topological polar surface area (TPSA) is 76.1 Å². The minimum Gasteiger partial charge on any atom is -0.507 e. The summed E-state index contributed by atoms with van der Waals surface area (Å²) in [5.74, 6) is 0.281. The average Bonchev–Trinajstić information content (AvgIpc) is 3.17. The van der Waals surface area contributed by atoms with E-state index in [-0.39, 0.29) is 17.9 Å². The van der Waals surface area contributed by atoms with Gasteiger partial charge in [0.25, 0.3) is 11.7 Å². The monoisotopic (exact) mass is 513 g/mol. The lowest BCUT2D eigenvalue weighted by molar-refractivity contribution is -0.140. The Hall–Kier alpha value is -4.06. The van der Waals surface area contributed by atoms with Crippen LogP contribution in [0.2, 0.25) is 0 Å². The second kappa shape index (κ2) is 12.5. The smallest absolute Gasteiger partial charge is 0.295 e. The summed E-state index contributed by atoms with van der Waals surface area (Å²) in [7, 11) is 0. The summed E-state index contributed by atoms with van der Waals surface area (Å²) in [6, 6.07) is 23.1. The molecule has 1 aliphatic heterocycles. The van der Waals surface area contributed by atoms with E-state index < -0.39 is 17.7 Å². The van der Waals surface area contributed by atoms with Gasteiger partial charge in [0.05, 0.1) is 24.8 Å². The van der Waals surface area contributed by atoms with Crippen molar-refractivity contribution in [3.63, 3.8) is 0 Å². The van der Waals surface area contributed by atoms with Crippen molar-refractivity contribution in [2.75, 3.05) is 13.2 Å². The van der Waals surface area contributed by atoms with Crippen molar-refractivity contribution >= 4 is 17.4 Å². The molecule has 1 atom stereocenters. The molecule has 0 bridgehead atoms. The van der Waals surface area contributed by atoms with Gasteiger partial charge in [-0.05, 0) is 66.3 Å². The van der Waals surface area contributed by atoms with E-state index >= 15 is 0 Å². The molecule has 1 N–H and O–H groups in total. The molecular formula is C32H35NO5. The standard InChI is InChI=1S/C32H35NO5/c1-4-18-37-26-15-13-24(14-16-26)30(34)28-29(25-11-8-12-27(20-25)38-19-17-22(2)3)33(32(36)31(28)35)21-23-9-6-5-7-10-23/h5-16,20,22,29,34H,4,17-19,21H2,1-3H3. The summed E-state index contributed by atoms with van der Waals surface area (Å²) >= 11 is 0. The van der Waals surface area contributed by atoms with Crippen LogP contribution < -0.4 is 9.47 Å². The van der Waals surface area contributed by atoms with Gasteiger partial charge in [0.1, 0.15) is 17.3 Å². The number of hydrogen-bond acceptors (Lipinski definition) is 5. The number of carbonyl (C=O) groups is 2. The summed E-state index contributed by atoms with van der Waals surface area (Å²) in [6.45, 7) is 7.69. The van der Waals surface area contributed by atoms with E-state index in [0.717, 1.165) is 18.4 Å². The van der Waals surface area contributed by atoms with E-state index in [9.17, 15) is 14.7 Å². The van der Waals surface area contributed by atoms with Gasteiger partial charge in [-0.3, -0.25) is 9.59 Å². The third kappa shape index (κ3) is 6.25. The molecule has 3 aromatic rings. The van der Waals surface area contributed by atoms with Gasteiger partial charge in [-0.2, -0.15) is 0 Å². The van der Waals surface area contributed by atoms with Crippen LogP contribution in [-0.4, -0.2) is 34.9 Å². The quantitative estimate of drug-likeness (QED) is 0.179. The maximum atomic E-state index is 13.4. The molecule has 1 fully saturated rings. The van der Waals surface area contributed by atoms with Gasteiger partial charge in [0.15, 0.2) is 0 Å². The third-order valence-corrected chi connectivity index (χ3v) is 6.47. The van der Waals surface area contributed by atoms with Crippen LogP contribution in [0.4, 0.5) is 0 Å². The SMILES string of the molecule is CCCOc1ccc(C(O)=C2C(=O)C(=O)N(Cc3ccccc3)C2c2cccc(OCCC(C)C)c2)cc1. The number of ketones is 1. The van der Waals surface area contributed by atoms with Gasteiger partial charge in [-0.1, -0.05) is 63.2 Å². The number of likely N-dealkylation sites (tertiary alicyclic amines) is 1. The van der Waals surface area contributed by atoms with Crippen LogP contribution in [-0.2, 0) is 16.1 Å². The van der Waals surface area contributed by atoms with E-state index in [1.807, 2.05) is 61.5 Å². The highest BCUT2D eigenvalue weighted by atomic mass is 16.5. The molecule has 1 aliphatic rings. The fourth-order valence-electron chi connectivity index (χ4n) is 4.44. The zero-order valence-electron chi connectivity index (χ0n) is 22.2. The Kier molecular flexibility index (Phi) is 8.85. The van der Waals surface area contributed by atoms with Crippen LogP contribution in [0.1, 0.15) is 56.3 Å². The van der Waals surface area contributed by atoms with Crippen LogP contribution >= 0.6 is 0 Å². The Morgan fingerprint density at radius 1 is 0.895 bits per heavy atom. The second-order valence-electron chi connectivity index (χ2n) is 9.89. The normalized spacial score (nSPS) is 16.7. The van der Waals surface area contributed by atoms with E-state index in [2.05, 4.69) is 13.8 Å². The van der Waals surface area contributed by atoms with Gasteiger partial charge in [-0.15, -0.1) is 0 Å². The van der Waals surface area contributed by atoms with Gasteiger partial charge in [-0.25, -0.2) is 0 Å². The largest absolute Gasteiger partial charge is 0.507 e. The van der Waals surface area contributed by atoms with Crippen LogP contribution in [0.3, 0.4) is 0 Å². The van der Waals surface area contributed by atoms with Crippen LogP contribution in [0.15, 0.2) is 84.4 Å². The van der Waals surface area contributed by atoms with E-state index in [1.54, 1.807) is 24.3 Å². The Balaban J connectivity index is 1.75. The first-order valence-electron chi connectivity index (χ1n) is 13.2. The number of aliphatic hydroxyl groups is 1. The minimum absolute atomic E-state index is 0.0625. The highest BCUT2D eigenvalue weighted by molar-refractivity contribution is 6.46. The predicted molar refractivity (Wildman–Crippen MR) is 148 cm³/mol. The molecule has 198 valence electrons. The van der Waals surface area contributed by atoms with Crippen molar-refractivity contribution in [2.24, 2.45) is 5.92 Å². The fraction of sp³-hybridized carbons (Fsp3) is 0.312. The summed E-state index contributed by atoms with van der Waals surface area (Å²) in [4.78, 5) is 28.2. The lowest BCUT2D eigenvalue weighted by Crippen LogP contribution is -2.29. The van der Waals surface area contributed by atoms with Gasteiger partial charge < -0.3 is 19.5 Å². The number of hydrogen-bond donors (Lipinski definition) is 1. The number of rotatable bonds is 11. The minimum atomic E-state index is -0.764. The Labute approximate surface area is 224 Å². The Morgan fingerprint density at radius 2 is 1.61 bits per heavy atom. The molecule has 1 saturated heterocycles. The van der Waals surface area contributed by atoms with Crippen molar-refractivity contribution in [3.8, 4) is 11.5 Å². The molecule has 1 heterocycles. The molecule has 4 rings (SSSR count). The van der Waals surface area contributed by atoms with Crippen molar-refractivity contribution in [2.45, 2.75) is 46.2 Å². The van der Waals surface area contributed by atoms with Crippen LogP contribution in [0, 0.1) is 5.92 Å². The number of Topliss-reactive ketones (excluding diaryl/α,β-unsaturated/α-hetero) is 1. The first kappa shape index (κ1) is 27.0. The van der Waals surface area contributed by atoms with E-state index in [4.69, 9.17) is 9.47 Å². The van der Waals surface area contributed by atoms with Crippen molar-refractivity contribution in [1.29, 1.82) is 0 Å². The Morgan fingerprint density at radius 3 is 2.29 bits per heavy atom. The van der Waals surface area contributed by atoms with Gasteiger partial charge in [0, 0.05) is 12.1 Å². The molecule has 0 spiro atoms. The maximum Gasteiger partial charge on any atom is 0.295 e. The van der Waals surface area contributed by atoms with E-state index in [1.165, 1.54) is 4.90 Å². The lowest BCUT2D eigenvalue weighted by atomic mass is 9.95. The first-order valence-corrected chi connectivity index (χ1v) is 13.2. The molecular weight excluding hydrogens is 478 g/mol. The molecule has 0 aromatic heterocycles. The highest BCUT2D eigenvalue weighted by Gasteiger charge is 2.46. The molecule has 1 unspecified atom stereocenters. The van der Waals surface area contributed by atoms with Crippen molar-refractivity contribution in [1.82, 2.24) is 4.90 Å². The van der Waals surface area contributed by atoms with Crippen molar-refractivity contribution < 1.29 is 24.2 Å². The molecule has 1 amide bonds. The fourth-order valence-corrected chi connectivity index (χ4v) is 4.44. The lowest BCUT2D eigenvalue weighted by Gasteiger charge is -2.26. The Bertz CT molecular complexity index is 1280. The summed E-state index contributed by atoms with van der Waals surface area (Å²) < 4.78 is 11.6. The highest BCUT2D eigenvalue weighted by Crippen LogP contribution is 2.41. The van der Waals surface area contributed by atoms with Crippen LogP contribution in [0.25, 0.3) is 5.76 Å². The van der Waals surface area contributed by atoms with Crippen LogP contribution in [0.5, 0.6) is 11.5 Å². The summed E-state index contributed by atoms with van der Waals surface area (Å²) in [6.07, 6.45) is 1.79. The molecule has 0 radical (unpaired) electrons. The zero-order valence-corrected chi connectivity index (χ0v) is 22.2. The number of ether oxygens (including phenoxy) is 2. The molecule has 3 aromatic carbocycles. The number of carbonyl (C=O) groups excluding carboxylic acids is 2. The number of amides is 1. The maximum absolute atomic E-state index is 13.4. The zero-order chi connectivity index (χ0) is 27.1.